The third-order valence-corrected chi connectivity index (χ3v) is 7.83. The first-order valence-electron chi connectivity index (χ1n) is 14.5. The molecule has 3 atom stereocenters. The largest absolute Gasteiger partial charge is 0.468 e. The highest BCUT2D eigenvalue weighted by molar-refractivity contribution is 6.03. The highest BCUT2D eigenvalue weighted by atomic mass is 16.6. The zero-order chi connectivity index (χ0) is 31.6. The number of imide groups is 1. The molecule has 0 bridgehead atoms. The summed E-state index contributed by atoms with van der Waals surface area (Å²) in [6.45, 7) is 4.83. The number of hydrogen-bond donors (Lipinski definition) is 2. The van der Waals surface area contributed by atoms with E-state index in [-0.39, 0.29) is 32.5 Å². The van der Waals surface area contributed by atoms with Crippen LogP contribution in [0.3, 0.4) is 0 Å². The molecule has 0 spiro atoms. The van der Waals surface area contributed by atoms with Gasteiger partial charge in [0.05, 0.1) is 32.2 Å². The van der Waals surface area contributed by atoms with E-state index in [0.29, 0.717) is 0 Å². The lowest BCUT2D eigenvalue weighted by atomic mass is 9.91. The van der Waals surface area contributed by atoms with Gasteiger partial charge in [0, 0.05) is 23.6 Å². The number of aromatic nitrogens is 1. The third-order valence-electron chi connectivity index (χ3n) is 7.83. The van der Waals surface area contributed by atoms with Gasteiger partial charge in [0.15, 0.2) is 0 Å². The van der Waals surface area contributed by atoms with E-state index >= 15 is 0 Å². The maximum absolute atomic E-state index is 14.2. The highest BCUT2D eigenvalue weighted by Gasteiger charge is 2.52. The van der Waals surface area contributed by atoms with Crippen LogP contribution >= 0.6 is 0 Å². The van der Waals surface area contributed by atoms with Crippen LogP contribution in [0.15, 0.2) is 60.8 Å². The predicted molar refractivity (Wildman–Crippen MR) is 160 cm³/mol. The van der Waals surface area contributed by atoms with Crippen molar-refractivity contribution >= 4 is 40.8 Å². The third kappa shape index (κ3) is 6.53. The number of alkyl carbamates (subject to hydrolysis) is 1. The molecular formula is C32H37N5O7. The van der Waals surface area contributed by atoms with Gasteiger partial charge in [0.25, 0.3) is 0 Å². The van der Waals surface area contributed by atoms with Gasteiger partial charge in [-0.05, 0) is 44.4 Å². The Bertz CT molecular complexity index is 1560. The molecule has 44 heavy (non-hydrogen) atoms. The number of urea groups is 1. The molecule has 1 aromatic heterocycles. The number of benzene rings is 2. The minimum absolute atomic E-state index is 0.0289. The summed E-state index contributed by atoms with van der Waals surface area (Å²) in [7, 11) is 1.22. The predicted octanol–water partition coefficient (Wildman–Crippen LogP) is 3.21. The Morgan fingerprint density at radius 2 is 1.75 bits per heavy atom. The summed E-state index contributed by atoms with van der Waals surface area (Å²) in [5, 5.41) is 3.89. The van der Waals surface area contributed by atoms with Crippen LogP contribution in [0.25, 0.3) is 10.9 Å². The molecule has 232 valence electrons. The molecule has 2 aliphatic heterocycles. The fourth-order valence-corrected chi connectivity index (χ4v) is 5.83. The van der Waals surface area contributed by atoms with Crippen molar-refractivity contribution in [3.05, 3.63) is 71.9 Å². The van der Waals surface area contributed by atoms with Gasteiger partial charge in [0.1, 0.15) is 18.2 Å². The maximum atomic E-state index is 14.2. The summed E-state index contributed by atoms with van der Waals surface area (Å²) in [5.41, 5.74) is 1.73. The second-order valence-electron chi connectivity index (χ2n) is 12.1. The van der Waals surface area contributed by atoms with Crippen LogP contribution < -0.4 is 5.32 Å². The SMILES string of the molecule is COC(=O)CN1C[C@H]([C@H](Cc2c[nH]c3ccccc23)NC(=O)OC(C)(C)C)N2C(=O)N(Cc3ccccc3)C(=O)C[C@H]2C1=O. The first-order valence-corrected chi connectivity index (χ1v) is 14.5. The average Bonchev–Trinajstić information content (AvgIpc) is 3.38. The van der Waals surface area contributed by atoms with Gasteiger partial charge in [0.2, 0.25) is 11.8 Å². The molecule has 2 N–H and O–H groups in total. The minimum Gasteiger partial charge on any atom is -0.468 e. The van der Waals surface area contributed by atoms with E-state index < -0.39 is 53.6 Å². The van der Waals surface area contributed by atoms with E-state index in [0.717, 1.165) is 26.9 Å². The number of nitrogens with zero attached hydrogens (tertiary/aromatic N) is 3. The van der Waals surface area contributed by atoms with Crippen molar-refractivity contribution < 1.29 is 33.4 Å². The topological polar surface area (TPSA) is 141 Å². The van der Waals surface area contributed by atoms with Crippen molar-refractivity contribution in [3.8, 4) is 0 Å². The smallest absolute Gasteiger partial charge is 0.407 e. The van der Waals surface area contributed by atoms with Crippen LogP contribution in [0, 0.1) is 0 Å². The fourth-order valence-electron chi connectivity index (χ4n) is 5.83. The Balaban J connectivity index is 1.55. The molecule has 5 amide bonds. The van der Waals surface area contributed by atoms with Gasteiger partial charge < -0.3 is 29.6 Å². The fraction of sp³-hybridized carbons (Fsp3) is 0.406. The number of carbonyl (C=O) groups is 5. The normalized spacial score (nSPS) is 19.5. The van der Waals surface area contributed by atoms with Crippen molar-refractivity contribution in [2.45, 2.75) is 63.9 Å². The maximum Gasteiger partial charge on any atom is 0.407 e. The van der Waals surface area contributed by atoms with Crippen LogP contribution in [0.5, 0.6) is 0 Å². The number of ether oxygens (including phenoxy) is 2. The lowest BCUT2D eigenvalue weighted by Crippen LogP contribution is -2.73. The summed E-state index contributed by atoms with van der Waals surface area (Å²) in [4.78, 5) is 73.8. The van der Waals surface area contributed by atoms with Crippen LogP contribution in [0.2, 0.25) is 0 Å². The van der Waals surface area contributed by atoms with E-state index in [9.17, 15) is 24.0 Å². The standard InChI is InChI=1S/C32H37N5O7/c1-32(2,3)44-30(41)34-24(14-21-16-33-23-13-9-8-12-22(21)23)26-18-35(19-28(39)43-4)29(40)25-15-27(38)36(31(42)37(25)26)17-20-10-6-5-7-11-20/h5-13,16,24-26,33H,14-15,17-19H2,1-4H3,(H,34,41)/t24-,25-,26+/m0/s1. The molecule has 2 aliphatic rings. The van der Waals surface area contributed by atoms with Crippen LogP contribution in [0.4, 0.5) is 9.59 Å². The molecule has 3 heterocycles. The van der Waals surface area contributed by atoms with Crippen LogP contribution in [-0.2, 0) is 36.8 Å². The molecule has 0 unspecified atom stereocenters. The van der Waals surface area contributed by atoms with Gasteiger partial charge in [-0.15, -0.1) is 0 Å². The zero-order valence-corrected chi connectivity index (χ0v) is 25.2. The van der Waals surface area contributed by atoms with E-state index in [1.54, 1.807) is 20.8 Å². The number of piperazine rings is 1. The van der Waals surface area contributed by atoms with Gasteiger partial charge in [-0.25, -0.2) is 9.59 Å². The summed E-state index contributed by atoms with van der Waals surface area (Å²) in [5.74, 6) is -1.67. The summed E-state index contributed by atoms with van der Waals surface area (Å²) < 4.78 is 10.4. The zero-order valence-electron chi connectivity index (χ0n) is 25.2. The monoisotopic (exact) mass is 603 g/mol. The van der Waals surface area contributed by atoms with Gasteiger partial charge in [-0.2, -0.15) is 0 Å². The van der Waals surface area contributed by atoms with Gasteiger partial charge in [-0.3, -0.25) is 19.3 Å². The van der Waals surface area contributed by atoms with Crippen LogP contribution in [-0.4, -0.2) is 93.5 Å². The lowest BCUT2D eigenvalue weighted by Gasteiger charge is -2.51. The Kier molecular flexibility index (Phi) is 8.61. The Hall–Kier alpha value is -4.87. The van der Waals surface area contributed by atoms with Crippen molar-refractivity contribution in [1.29, 1.82) is 0 Å². The molecular weight excluding hydrogens is 566 g/mol. The number of H-pyrrole nitrogens is 1. The number of nitrogens with one attached hydrogen (secondary N) is 2. The molecule has 12 heteroatoms. The molecule has 2 fully saturated rings. The molecule has 2 saturated heterocycles. The highest BCUT2D eigenvalue weighted by Crippen LogP contribution is 2.31. The van der Waals surface area contributed by atoms with Gasteiger partial charge >= 0.3 is 18.1 Å². The number of hydrogen-bond acceptors (Lipinski definition) is 7. The van der Waals surface area contributed by atoms with Gasteiger partial charge in [-0.1, -0.05) is 48.5 Å². The first-order chi connectivity index (χ1) is 20.9. The summed E-state index contributed by atoms with van der Waals surface area (Å²) in [6, 6.07) is 13.4. The molecule has 5 rings (SSSR count). The minimum atomic E-state index is -1.16. The number of amides is 5. The molecule has 0 radical (unpaired) electrons. The Morgan fingerprint density at radius 1 is 1.05 bits per heavy atom. The Morgan fingerprint density at radius 3 is 2.45 bits per heavy atom. The molecule has 0 saturated carbocycles. The second-order valence-corrected chi connectivity index (χ2v) is 12.1. The Labute approximate surface area is 255 Å². The molecule has 12 nitrogen and oxygen atoms in total. The number of rotatable bonds is 8. The number of methoxy groups -OCH3 is 1. The van der Waals surface area contributed by atoms with Crippen molar-refractivity contribution in [2.24, 2.45) is 0 Å². The average molecular weight is 604 g/mol. The number of carbonyl (C=O) groups excluding carboxylic acids is 5. The van der Waals surface area contributed by atoms with E-state index in [1.165, 1.54) is 16.9 Å². The van der Waals surface area contributed by atoms with E-state index in [4.69, 9.17) is 9.47 Å². The first kappa shape index (κ1) is 30.6. The second kappa shape index (κ2) is 12.4. The number of fused-ring (bicyclic) bond motifs is 2. The summed E-state index contributed by atoms with van der Waals surface area (Å²) in [6.07, 6.45) is 1.14. The van der Waals surface area contributed by atoms with E-state index in [1.807, 2.05) is 60.8 Å². The van der Waals surface area contributed by atoms with Crippen LogP contribution in [0.1, 0.15) is 38.3 Å². The number of para-hydroxylation sites is 1. The molecule has 2 aromatic carbocycles. The quantitative estimate of drug-likeness (QED) is 0.377. The number of esters is 1. The van der Waals surface area contributed by atoms with Crippen molar-refractivity contribution in [2.75, 3.05) is 20.2 Å². The van der Waals surface area contributed by atoms with E-state index in [2.05, 4.69) is 10.3 Å². The van der Waals surface area contributed by atoms with Crippen molar-refractivity contribution in [1.82, 2.24) is 25.0 Å². The summed E-state index contributed by atoms with van der Waals surface area (Å²) >= 11 is 0. The molecule has 0 aliphatic carbocycles. The molecule has 3 aromatic rings. The lowest BCUT2D eigenvalue weighted by molar-refractivity contribution is -0.157. The van der Waals surface area contributed by atoms with Crippen molar-refractivity contribution in [3.63, 3.8) is 0 Å². The number of aromatic amines is 1.